The molecule has 0 unspecified atom stereocenters. The van der Waals surface area contributed by atoms with Crippen molar-refractivity contribution in [2.45, 2.75) is 6.92 Å². The first kappa shape index (κ1) is 26.9. The van der Waals surface area contributed by atoms with Crippen LogP contribution in [0.25, 0.3) is 33.4 Å². The van der Waals surface area contributed by atoms with Gasteiger partial charge in [-0.1, -0.05) is 24.8 Å². The molecule has 0 fully saturated rings. The van der Waals surface area contributed by atoms with Crippen LogP contribution in [0.15, 0.2) is 58.3 Å². The summed E-state index contributed by atoms with van der Waals surface area (Å²) in [6.45, 7) is 4.83. The average Bonchev–Trinajstić information content (AvgIpc) is 2.87. The van der Waals surface area contributed by atoms with Crippen molar-refractivity contribution in [3.05, 3.63) is 81.1 Å². The molecule has 2 aliphatic rings. The molecule has 0 amide bonds. The summed E-state index contributed by atoms with van der Waals surface area (Å²) < 4.78 is 18.0. The van der Waals surface area contributed by atoms with Gasteiger partial charge in [0, 0.05) is 22.6 Å². The van der Waals surface area contributed by atoms with Gasteiger partial charge in [0.05, 0.1) is 12.7 Å². The van der Waals surface area contributed by atoms with Crippen molar-refractivity contribution in [3.63, 3.8) is 0 Å². The average molecular weight is 822 g/mol. The SMILES string of the molecule is C=CC(=O)OCCOC(=O)c1ccccc1-c1c2cc(C)c(=O)c(I)c-2oc2c(I)c(O)c(I)cc12. The van der Waals surface area contributed by atoms with Gasteiger partial charge in [-0.3, -0.25) is 4.79 Å². The molecule has 1 aliphatic heterocycles. The Balaban J connectivity index is 1.96. The second-order valence-corrected chi connectivity index (χ2v) is 11.0. The van der Waals surface area contributed by atoms with E-state index in [0.29, 0.717) is 55.3 Å². The van der Waals surface area contributed by atoms with Crippen molar-refractivity contribution >= 4 is 90.7 Å². The number of hydrogen-bond donors (Lipinski definition) is 1. The Morgan fingerprint density at radius 3 is 2.47 bits per heavy atom. The van der Waals surface area contributed by atoms with E-state index in [1.54, 1.807) is 43.3 Å². The lowest BCUT2D eigenvalue weighted by atomic mass is 9.90. The van der Waals surface area contributed by atoms with E-state index in [0.717, 1.165) is 6.08 Å². The quantitative estimate of drug-likeness (QED) is 0.0804. The molecule has 2 aromatic rings. The highest BCUT2D eigenvalue weighted by Crippen LogP contribution is 2.46. The molecule has 1 aliphatic carbocycles. The minimum absolute atomic E-state index is 0.0731. The molecule has 0 saturated carbocycles. The zero-order valence-electron chi connectivity index (χ0n) is 18.7. The Labute approximate surface area is 246 Å². The van der Waals surface area contributed by atoms with Gasteiger partial charge in [-0.25, -0.2) is 9.59 Å². The van der Waals surface area contributed by atoms with Gasteiger partial charge >= 0.3 is 11.9 Å². The fraction of sp³-hybridized carbons (Fsp3) is 0.115. The van der Waals surface area contributed by atoms with E-state index in [2.05, 4.69) is 6.58 Å². The van der Waals surface area contributed by atoms with E-state index in [-0.39, 0.29) is 24.4 Å². The number of benzene rings is 3. The summed E-state index contributed by atoms with van der Waals surface area (Å²) in [5, 5.41) is 11.2. The van der Waals surface area contributed by atoms with E-state index in [1.807, 2.05) is 67.8 Å². The number of ether oxygens (including phenoxy) is 2. The Bertz CT molecular complexity index is 1570. The summed E-state index contributed by atoms with van der Waals surface area (Å²) in [5.41, 5.74) is 2.98. The molecular formula is C26H17I3O7. The number of aromatic hydroxyl groups is 1. The van der Waals surface area contributed by atoms with Crippen LogP contribution in [0.4, 0.5) is 0 Å². The van der Waals surface area contributed by atoms with Gasteiger partial charge in [0.15, 0.2) is 16.8 Å². The molecule has 1 heterocycles. The maximum atomic E-state index is 13.1. The smallest absolute Gasteiger partial charge is 0.338 e. The zero-order chi connectivity index (χ0) is 26.1. The van der Waals surface area contributed by atoms with E-state index < -0.39 is 11.9 Å². The van der Waals surface area contributed by atoms with Crippen LogP contribution in [-0.4, -0.2) is 30.3 Å². The van der Waals surface area contributed by atoms with Gasteiger partial charge in [-0.2, -0.15) is 0 Å². The van der Waals surface area contributed by atoms with Gasteiger partial charge in [-0.05, 0) is 104 Å². The summed E-state index contributed by atoms with van der Waals surface area (Å²) in [7, 11) is 0. The number of esters is 2. The molecule has 36 heavy (non-hydrogen) atoms. The molecular weight excluding hydrogens is 805 g/mol. The van der Waals surface area contributed by atoms with Crippen LogP contribution in [0.1, 0.15) is 15.9 Å². The van der Waals surface area contributed by atoms with Crippen molar-refractivity contribution in [1.82, 2.24) is 0 Å². The van der Waals surface area contributed by atoms with Crippen LogP contribution in [-0.2, 0) is 14.3 Å². The molecule has 2 aromatic carbocycles. The minimum atomic E-state index is -0.604. The number of carbonyl (C=O) groups excluding carboxylic acids is 2. The van der Waals surface area contributed by atoms with Crippen LogP contribution in [0.2, 0.25) is 0 Å². The van der Waals surface area contributed by atoms with E-state index in [9.17, 15) is 19.5 Å². The van der Waals surface area contributed by atoms with Gasteiger partial charge in [-0.15, -0.1) is 0 Å². The molecule has 1 N–H and O–H groups in total. The number of halogens is 3. The van der Waals surface area contributed by atoms with E-state index in [1.165, 1.54) is 0 Å². The Hall–Kier alpha value is -2.20. The summed E-state index contributed by atoms with van der Waals surface area (Å²) in [4.78, 5) is 37.1. The fourth-order valence-electron chi connectivity index (χ4n) is 3.73. The van der Waals surface area contributed by atoms with Crippen molar-refractivity contribution in [2.75, 3.05) is 13.2 Å². The lowest BCUT2D eigenvalue weighted by molar-refractivity contribution is -0.138. The number of carbonyl (C=O) groups is 2. The van der Waals surface area contributed by atoms with Crippen LogP contribution in [0.3, 0.4) is 0 Å². The number of hydrogen-bond acceptors (Lipinski definition) is 7. The van der Waals surface area contributed by atoms with Gasteiger partial charge in [0.2, 0.25) is 0 Å². The highest BCUT2D eigenvalue weighted by atomic mass is 127. The van der Waals surface area contributed by atoms with Crippen LogP contribution < -0.4 is 5.43 Å². The normalized spacial score (nSPS) is 11.0. The fourth-order valence-corrected chi connectivity index (χ4v) is 6.35. The van der Waals surface area contributed by atoms with Gasteiger partial charge in [0.25, 0.3) is 0 Å². The van der Waals surface area contributed by atoms with E-state index >= 15 is 0 Å². The first-order chi connectivity index (χ1) is 17.1. The molecule has 0 bridgehead atoms. The van der Waals surface area contributed by atoms with E-state index in [4.69, 9.17) is 13.9 Å². The van der Waals surface area contributed by atoms with Crippen LogP contribution in [0.5, 0.6) is 5.75 Å². The highest BCUT2D eigenvalue weighted by molar-refractivity contribution is 14.1. The molecule has 7 nitrogen and oxygen atoms in total. The summed E-state index contributed by atoms with van der Waals surface area (Å²) >= 11 is 6.01. The maximum Gasteiger partial charge on any atom is 0.338 e. The van der Waals surface area contributed by atoms with Crippen LogP contribution >= 0.6 is 67.8 Å². The molecule has 0 aromatic heterocycles. The van der Waals surface area contributed by atoms with Gasteiger partial charge < -0.3 is 19.0 Å². The van der Waals surface area contributed by atoms with Crippen molar-refractivity contribution < 1.29 is 28.6 Å². The molecule has 0 saturated heterocycles. The third-order valence-corrected chi connectivity index (χ3v) is 8.20. The first-order valence-electron chi connectivity index (χ1n) is 10.5. The van der Waals surface area contributed by atoms with Crippen molar-refractivity contribution in [2.24, 2.45) is 0 Å². The standard InChI is InChI=1S/C26H17I3O7/c1-3-18(30)34-8-9-35-26(33)14-7-5-4-6-13(14)19-15-10-12(2)22(31)20(28)24(15)36-25-16(19)11-17(27)23(32)21(25)29/h3-7,10-11,32H,1,8-9H2,2H3. The molecule has 10 heteroatoms. The van der Waals surface area contributed by atoms with Crippen molar-refractivity contribution in [1.29, 1.82) is 0 Å². The summed E-state index contributed by atoms with van der Waals surface area (Å²) in [6, 6.07) is 10.5. The molecule has 184 valence electrons. The molecule has 4 rings (SSSR count). The Kier molecular flexibility index (Phi) is 8.24. The monoisotopic (exact) mass is 822 g/mol. The molecule has 0 spiro atoms. The van der Waals surface area contributed by atoms with Crippen molar-refractivity contribution in [3.8, 4) is 28.2 Å². The van der Waals surface area contributed by atoms with Crippen LogP contribution in [0, 0.1) is 17.6 Å². The Morgan fingerprint density at radius 1 is 1.06 bits per heavy atom. The number of phenols is 1. The third-order valence-electron chi connectivity index (χ3n) is 5.40. The Morgan fingerprint density at radius 2 is 1.75 bits per heavy atom. The topological polar surface area (TPSA) is 103 Å². The highest BCUT2D eigenvalue weighted by Gasteiger charge is 2.27. The second kappa shape index (κ2) is 11.0. The molecule has 0 radical (unpaired) electrons. The number of aryl methyl sites for hydroxylation is 1. The third kappa shape index (κ3) is 4.98. The lowest BCUT2D eigenvalue weighted by Crippen LogP contribution is -2.14. The van der Waals surface area contributed by atoms with Gasteiger partial charge in [0.1, 0.15) is 22.5 Å². The second-order valence-electron chi connectivity index (χ2n) is 7.64. The lowest BCUT2D eigenvalue weighted by Gasteiger charge is -2.20. The summed E-state index contributed by atoms with van der Waals surface area (Å²) in [5.74, 6) is -0.763. The predicted octanol–water partition coefficient (Wildman–Crippen LogP) is 6.28. The predicted molar refractivity (Wildman–Crippen MR) is 161 cm³/mol. The largest absolute Gasteiger partial charge is 0.506 e. The number of rotatable bonds is 6. The summed E-state index contributed by atoms with van der Waals surface area (Å²) in [6.07, 6.45) is 1.03. The number of fused-ring (bicyclic) bond motifs is 2. The molecule has 0 atom stereocenters. The minimum Gasteiger partial charge on any atom is -0.506 e. The zero-order valence-corrected chi connectivity index (χ0v) is 25.2. The first-order valence-corrected chi connectivity index (χ1v) is 13.7. The number of phenolic OH excluding ortho intramolecular Hbond substituents is 1. The maximum absolute atomic E-state index is 13.1.